The van der Waals surface area contributed by atoms with Gasteiger partial charge in [0.15, 0.2) is 0 Å². The second-order valence-corrected chi connectivity index (χ2v) is 5.03. The fraction of sp³-hybridized carbons (Fsp3) is 0.615. The number of halogens is 3. The predicted octanol–water partition coefficient (Wildman–Crippen LogP) is 2.16. The van der Waals surface area contributed by atoms with E-state index in [1.807, 2.05) is 4.90 Å². The maximum absolute atomic E-state index is 13.1. The highest BCUT2D eigenvalue weighted by Gasteiger charge is 2.50. The first-order valence-corrected chi connectivity index (χ1v) is 6.13. The number of ether oxygens (including phenoxy) is 1. The molecule has 0 radical (unpaired) electrons. The summed E-state index contributed by atoms with van der Waals surface area (Å²) in [6, 6.07) is 0. The van der Waals surface area contributed by atoms with Gasteiger partial charge in [0.05, 0.1) is 24.5 Å². The Labute approximate surface area is 109 Å². The normalized spacial score (nSPS) is 32.1. The van der Waals surface area contributed by atoms with Crippen LogP contribution in [-0.4, -0.2) is 43.7 Å². The molecule has 2 atom stereocenters. The van der Waals surface area contributed by atoms with Gasteiger partial charge in [0.25, 0.3) is 0 Å². The fourth-order valence-corrected chi connectivity index (χ4v) is 2.37. The van der Waals surface area contributed by atoms with Gasteiger partial charge in [-0.1, -0.05) is 6.08 Å². The van der Waals surface area contributed by atoms with Crippen molar-refractivity contribution in [2.75, 3.05) is 26.3 Å². The highest BCUT2D eigenvalue weighted by Crippen LogP contribution is 2.44. The van der Waals surface area contributed by atoms with Crippen molar-refractivity contribution in [1.29, 1.82) is 0 Å². The Morgan fingerprint density at radius 2 is 2.05 bits per heavy atom. The van der Waals surface area contributed by atoms with Crippen molar-refractivity contribution in [2.24, 2.45) is 11.3 Å². The third-order valence-corrected chi connectivity index (χ3v) is 3.60. The maximum atomic E-state index is 13.1. The van der Waals surface area contributed by atoms with Gasteiger partial charge in [-0.2, -0.15) is 13.2 Å². The van der Waals surface area contributed by atoms with Gasteiger partial charge in [-0.25, -0.2) is 0 Å². The highest BCUT2D eigenvalue weighted by atomic mass is 19.4. The second-order valence-electron chi connectivity index (χ2n) is 5.03. The molecule has 1 fully saturated rings. The number of nitrogens with zero attached hydrogens (tertiary/aromatic N) is 1. The van der Waals surface area contributed by atoms with Gasteiger partial charge in [-0.15, -0.1) is 0 Å². The van der Waals surface area contributed by atoms with Gasteiger partial charge in [0, 0.05) is 18.8 Å². The number of rotatable bonds is 2. The van der Waals surface area contributed by atoms with Gasteiger partial charge < -0.3 is 14.4 Å². The minimum absolute atomic E-state index is 0.369. The number of alkyl halides is 3. The molecule has 1 aliphatic heterocycles. The molecule has 2 unspecified atom stereocenters. The standard InChI is InChI=1S/C13H16F3NO2/c1-12(9-18)3-2-10(8-11(12)13(14,15)16)17-4-6-19-7-5-17/h2-3,8-9,11H,4-7H2,1H3. The first-order valence-electron chi connectivity index (χ1n) is 6.13. The largest absolute Gasteiger partial charge is 0.396 e. The molecule has 6 heteroatoms. The van der Waals surface area contributed by atoms with E-state index in [0.29, 0.717) is 38.3 Å². The fourth-order valence-electron chi connectivity index (χ4n) is 2.37. The molecule has 0 saturated carbocycles. The summed E-state index contributed by atoms with van der Waals surface area (Å²) in [5, 5.41) is 0. The lowest BCUT2D eigenvalue weighted by atomic mass is 9.74. The van der Waals surface area contributed by atoms with Crippen molar-refractivity contribution < 1.29 is 22.7 Å². The lowest BCUT2D eigenvalue weighted by Gasteiger charge is -2.37. The van der Waals surface area contributed by atoms with Crippen LogP contribution in [0.2, 0.25) is 0 Å². The van der Waals surface area contributed by atoms with E-state index >= 15 is 0 Å². The molecule has 0 spiro atoms. The number of carbonyl (C=O) groups excluding carboxylic acids is 1. The van der Waals surface area contributed by atoms with Gasteiger partial charge in [-0.05, 0) is 19.1 Å². The van der Waals surface area contributed by atoms with Gasteiger partial charge in [0.1, 0.15) is 6.29 Å². The van der Waals surface area contributed by atoms with Crippen LogP contribution < -0.4 is 0 Å². The molecule has 106 valence electrons. The van der Waals surface area contributed by atoms with Gasteiger partial charge in [0.2, 0.25) is 0 Å². The van der Waals surface area contributed by atoms with Crippen LogP contribution >= 0.6 is 0 Å². The average molecular weight is 275 g/mol. The molecule has 0 bridgehead atoms. The molecule has 2 aliphatic rings. The van der Waals surface area contributed by atoms with Crippen LogP contribution in [-0.2, 0) is 9.53 Å². The van der Waals surface area contributed by atoms with Crippen molar-refractivity contribution in [3.05, 3.63) is 23.9 Å². The van der Waals surface area contributed by atoms with Gasteiger partial charge in [-0.3, -0.25) is 0 Å². The Balaban J connectivity index is 2.28. The summed E-state index contributed by atoms with van der Waals surface area (Å²) in [6.45, 7) is 3.46. The number of morpholine rings is 1. The summed E-state index contributed by atoms with van der Waals surface area (Å²) in [5.41, 5.74) is -1.00. The second kappa shape index (κ2) is 5.00. The molecule has 0 aromatic rings. The molecule has 0 amide bonds. The summed E-state index contributed by atoms with van der Waals surface area (Å²) >= 11 is 0. The van der Waals surface area contributed by atoms with E-state index in [4.69, 9.17) is 4.74 Å². The van der Waals surface area contributed by atoms with Crippen LogP contribution in [0.25, 0.3) is 0 Å². The Hall–Kier alpha value is -1.30. The zero-order valence-corrected chi connectivity index (χ0v) is 10.6. The molecule has 0 N–H and O–H groups in total. The van der Waals surface area contributed by atoms with E-state index in [1.165, 1.54) is 13.0 Å². The van der Waals surface area contributed by atoms with Crippen LogP contribution in [0.1, 0.15) is 6.92 Å². The Morgan fingerprint density at radius 1 is 1.42 bits per heavy atom. The first-order chi connectivity index (χ1) is 8.87. The molecule has 2 rings (SSSR count). The molecular formula is C13H16F3NO2. The summed E-state index contributed by atoms with van der Waals surface area (Å²) in [7, 11) is 0. The molecule has 1 heterocycles. The Bertz CT molecular complexity index is 411. The van der Waals surface area contributed by atoms with E-state index < -0.39 is 17.5 Å². The summed E-state index contributed by atoms with van der Waals surface area (Å²) in [4.78, 5) is 12.9. The third kappa shape index (κ3) is 2.83. The maximum Gasteiger partial charge on any atom is 0.396 e. The van der Waals surface area contributed by atoms with Crippen LogP contribution in [0, 0.1) is 11.3 Å². The molecule has 1 aliphatic carbocycles. The topological polar surface area (TPSA) is 29.5 Å². The molecule has 0 aromatic heterocycles. The van der Waals surface area contributed by atoms with Crippen LogP contribution in [0.5, 0.6) is 0 Å². The van der Waals surface area contributed by atoms with Gasteiger partial charge >= 0.3 is 6.18 Å². The summed E-state index contributed by atoms with van der Waals surface area (Å²) < 4.78 is 44.4. The molecular weight excluding hydrogens is 259 g/mol. The van der Waals surface area contributed by atoms with Crippen molar-refractivity contribution >= 4 is 6.29 Å². The number of hydrogen-bond donors (Lipinski definition) is 0. The first kappa shape index (κ1) is 14.1. The quantitative estimate of drug-likeness (QED) is 0.723. The Kier molecular flexibility index (Phi) is 3.71. The highest BCUT2D eigenvalue weighted by molar-refractivity contribution is 5.65. The molecule has 19 heavy (non-hydrogen) atoms. The number of aldehydes is 1. The van der Waals surface area contributed by atoms with E-state index in [2.05, 4.69) is 0 Å². The van der Waals surface area contributed by atoms with Crippen molar-refractivity contribution in [1.82, 2.24) is 4.90 Å². The lowest BCUT2D eigenvalue weighted by molar-refractivity contribution is -0.183. The zero-order valence-electron chi connectivity index (χ0n) is 10.6. The average Bonchev–Trinajstić information content (AvgIpc) is 2.39. The van der Waals surface area contributed by atoms with E-state index in [-0.39, 0.29) is 0 Å². The van der Waals surface area contributed by atoms with E-state index in [1.54, 1.807) is 6.08 Å². The van der Waals surface area contributed by atoms with E-state index in [0.717, 1.165) is 6.08 Å². The molecule has 1 saturated heterocycles. The molecule has 3 nitrogen and oxygen atoms in total. The summed E-state index contributed by atoms with van der Waals surface area (Å²) in [5.74, 6) is -1.78. The SMILES string of the molecule is CC1(C=O)C=CC(N2CCOCC2)=CC1C(F)(F)F. The minimum atomic E-state index is -4.43. The summed E-state index contributed by atoms with van der Waals surface area (Å²) in [6.07, 6.45) is 0.0385. The number of hydrogen-bond acceptors (Lipinski definition) is 3. The monoisotopic (exact) mass is 275 g/mol. The van der Waals surface area contributed by atoms with Crippen molar-refractivity contribution in [3.8, 4) is 0 Å². The number of carbonyl (C=O) groups is 1. The van der Waals surface area contributed by atoms with Crippen LogP contribution in [0.15, 0.2) is 23.9 Å². The smallest absolute Gasteiger partial charge is 0.378 e. The minimum Gasteiger partial charge on any atom is -0.378 e. The number of allylic oxidation sites excluding steroid dienone is 3. The molecule has 0 aromatic carbocycles. The van der Waals surface area contributed by atoms with Crippen LogP contribution in [0.3, 0.4) is 0 Å². The van der Waals surface area contributed by atoms with Crippen molar-refractivity contribution in [2.45, 2.75) is 13.1 Å². The van der Waals surface area contributed by atoms with E-state index in [9.17, 15) is 18.0 Å². The lowest BCUT2D eigenvalue weighted by Crippen LogP contribution is -2.42. The third-order valence-electron chi connectivity index (χ3n) is 3.60. The Morgan fingerprint density at radius 3 is 2.58 bits per heavy atom. The van der Waals surface area contributed by atoms with Crippen molar-refractivity contribution in [3.63, 3.8) is 0 Å². The van der Waals surface area contributed by atoms with Crippen LogP contribution in [0.4, 0.5) is 13.2 Å². The zero-order chi connectivity index (χ0) is 14.1. The predicted molar refractivity (Wildman–Crippen MR) is 63.3 cm³/mol.